The summed E-state index contributed by atoms with van der Waals surface area (Å²) in [5.41, 5.74) is 0. The van der Waals surface area contributed by atoms with Gasteiger partial charge in [0.1, 0.15) is 19.6 Å². The van der Waals surface area contributed by atoms with Crippen LogP contribution >= 0.6 is 0 Å². The van der Waals surface area contributed by atoms with Crippen molar-refractivity contribution in [2.45, 2.75) is 19.6 Å². The second kappa shape index (κ2) is 8.86. The van der Waals surface area contributed by atoms with E-state index >= 15 is 0 Å². The van der Waals surface area contributed by atoms with E-state index in [4.69, 9.17) is 15.8 Å². The molecule has 0 amide bonds. The Morgan fingerprint density at radius 2 is 1.14 bits per heavy atom. The lowest BCUT2D eigenvalue weighted by molar-refractivity contribution is 0.586. The van der Waals surface area contributed by atoms with Crippen molar-refractivity contribution in [3.63, 3.8) is 0 Å². The van der Waals surface area contributed by atoms with Crippen LogP contribution in [0.2, 0.25) is 0 Å². The van der Waals surface area contributed by atoms with Crippen LogP contribution in [0.15, 0.2) is 20.7 Å². The zero-order valence-electron chi connectivity index (χ0n) is 14.1. The molecule has 0 saturated carbocycles. The first-order chi connectivity index (χ1) is 14.2. The Bertz CT molecular complexity index is 1070. The van der Waals surface area contributed by atoms with Crippen LogP contribution in [0.1, 0.15) is 0 Å². The highest BCUT2D eigenvalue weighted by molar-refractivity contribution is 5.22. The number of rotatable bonds is 8. The summed E-state index contributed by atoms with van der Waals surface area (Å²) in [6, 6.07) is 5.51. The van der Waals surface area contributed by atoms with Gasteiger partial charge in [-0.15, -0.1) is 29.7 Å². The molecule has 0 radical (unpaired) electrons. The van der Waals surface area contributed by atoms with Crippen molar-refractivity contribution in [3.05, 3.63) is 0 Å². The topological polar surface area (TPSA) is 255 Å². The smallest absolute Gasteiger partial charge is 0.196 e. The Morgan fingerprint density at radius 3 is 1.62 bits per heavy atom. The molecule has 3 rings (SSSR count). The van der Waals surface area contributed by atoms with Crippen LogP contribution in [0.25, 0.3) is 0 Å². The fraction of sp³-hybridized carbons (Fsp3) is 0.333. The zero-order valence-corrected chi connectivity index (χ0v) is 14.1. The predicted octanol–water partition coefficient (Wildman–Crippen LogP) is -1.58. The molecule has 0 atom stereocenters. The molecule has 3 aromatic rings. The van der Waals surface area contributed by atoms with Gasteiger partial charge in [-0.25, -0.2) is 0 Å². The Hall–Kier alpha value is -5.32. The van der Waals surface area contributed by atoms with Crippen LogP contribution in [0.4, 0.5) is 17.8 Å². The third-order valence-corrected chi connectivity index (χ3v) is 2.58. The quantitative estimate of drug-likeness (QED) is 0.309. The third kappa shape index (κ3) is 4.86. The summed E-state index contributed by atoms with van der Waals surface area (Å²) in [6.07, 6.45) is 0. The largest absolute Gasteiger partial charge is 0.311 e. The molecule has 29 heavy (non-hydrogen) atoms. The first-order valence-electron chi connectivity index (χ1n) is 7.29. The Balaban J connectivity index is 1.83. The van der Waals surface area contributed by atoms with Crippen LogP contribution in [0, 0.1) is 34.0 Å². The minimum atomic E-state index is -0.193. The van der Waals surface area contributed by atoms with E-state index in [1.165, 1.54) is 0 Å². The van der Waals surface area contributed by atoms with Gasteiger partial charge in [-0.3, -0.25) is 0 Å². The molecule has 0 spiro atoms. The molecule has 0 aromatic carbocycles. The average molecular weight is 394 g/mol. The zero-order chi connectivity index (χ0) is 20.5. The molecular formula is C9H6N20. The second-order valence-electron chi connectivity index (χ2n) is 4.50. The van der Waals surface area contributed by atoms with Crippen molar-refractivity contribution in [1.82, 2.24) is 60.6 Å². The highest BCUT2D eigenvalue weighted by atomic mass is 15.8. The van der Waals surface area contributed by atoms with Gasteiger partial charge in [-0.2, -0.15) is 15.8 Å². The van der Waals surface area contributed by atoms with Crippen molar-refractivity contribution in [1.29, 1.82) is 15.8 Å². The maximum Gasteiger partial charge on any atom is 0.311 e. The van der Waals surface area contributed by atoms with Crippen molar-refractivity contribution in [2.75, 3.05) is 5.12 Å². The van der Waals surface area contributed by atoms with E-state index < -0.39 is 0 Å². The first kappa shape index (κ1) is 18.5. The van der Waals surface area contributed by atoms with E-state index in [9.17, 15) is 0 Å². The highest BCUT2D eigenvalue weighted by Crippen LogP contribution is 2.12. The summed E-state index contributed by atoms with van der Waals surface area (Å²) in [5, 5.41) is 74.5. The van der Waals surface area contributed by atoms with E-state index in [-0.39, 0.29) is 37.5 Å². The lowest BCUT2D eigenvalue weighted by Crippen LogP contribution is -2.09. The number of anilines is 1. The Labute approximate surface area is 158 Å². The molecule has 0 unspecified atom stereocenters. The average Bonchev–Trinajstić information content (AvgIpc) is 3.45. The molecule has 3 aromatic heterocycles. The number of nitrogens with zero attached hydrogens (tertiary/aromatic N) is 20. The predicted molar refractivity (Wildman–Crippen MR) is 81.8 cm³/mol. The van der Waals surface area contributed by atoms with Gasteiger partial charge in [0, 0.05) is 0 Å². The van der Waals surface area contributed by atoms with Crippen LogP contribution in [-0.4, -0.2) is 60.6 Å². The Morgan fingerprint density at radius 1 is 0.690 bits per heavy atom. The van der Waals surface area contributed by atoms with E-state index in [1.807, 2.05) is 18.2 Å². The molecule has 0 bridgehead atoms. The standard InChI is InChI=1S/C9H6N20/c10-1-4-26-18-7(13-21-26)15-24-29(9-17-23-28(20-9)6-3-12)25-16-8-14-22-27(19-8)5-2-11/h4-6H2/b24-15+,25-16+. The number of hydrogen-bond acceptors (Lipinski definition) is 16. The van der Waals surface area contributed by atoms with Gasteiger partial charge in [0.05, 0.1) is 18.2 Å². The molecule has 20 heteroatoms. The van der Waals surface area contributed by atoms with Gasteiger partial charge in [-0.1, -0.05) is 30.6 Å². The van der Waals surface area contributed by atoms with E-state index in [0.29, 0.717) is 0 Å². The van der Waals surface area contributed by atoms with Crippen molar-refractivity contribution < 1.29 is 0 Å². The van der Waals surface area contributed by atoms with Crippen molar-refractivity contribution in [2.24, 2.45) is 20.7 Å². The summed E-state index contributed by atoms with van der Waals surface area (Å²) in [5.74, 6) is -0.549. The Kier molecular flexibility index (Phi) is 5.65. The molecule has 0 fully saturated rings. The van der Waals surface area contributed by atoms with Crippen LogP contribution in [0.3, 0.4) is 0 Å². The molecule has 0 saturated heterocycles. The molecule has 0 aliphatic carbocycles. The fourth-order valence-electron chi connectivity index (χ4n) is 1.52. The maximum absolute atomic E-state index is 8.69. The fourth-order valence-corrected chi connectivity index (χ4v) is 1.52. The van der Waals surface area contributed by atoms with Gasteiger partial charge in [0.2, 0.25) is 0 Å². The number of aromatic nitrogens is 12. The van der Waals surface area contributed by atoms with Gasteiger partial charge in [0.15, 0.2) is 0 Å². The summed E-state index contributed by atoms with van der Waals surface area (Å²) in [4.78, 5) is 2.98. The summed E-state index contributed by atoms with van der Waals surface area (Å²) in [6.45, 7) is -0.413. The number of hydrogen-bond donors (Lipinski definition) is 0. The van der Waals surface area contributed by atoms with E-state index in [1.54, 1.807) is 0 Å². The van der Waals surface area contributed by atoms with E-state index in [2.05, 4.69) is 66.9 Å². The van der Waals surface area contributed by atoms with Crippen molar-refractivity contribution >= 4 is 17.8 Å². The molecule has 0 aliphatic heterocycles. The molecule has 0 aliphatic rings. The first-order valence-corrected chi connectivity index (χ1v) is 7.29. The summed E-state index contributed by atoms with van der Waals surface area (Å²) in [7, 11) is 0. The minimum Gasteiger partial charge on any atom is -0.196 e. The lowest BCUT2D eigenvalue weighted by Gasteiger charge is -2.01. The van der Waals surface area contributed by atoms with Crippen molar-refractivity contribution in [3.8, 4) is 18.2 Å². The molecule has 0 N–H and O–H groups in total. The number of nitriles is 3. The van der Waals surface area contributed by atoms with Gasteiger partial charge < -0.3 is 0 Å². The molecule has 142 valence electrons. The molecular weight excluding hydrogens is 388 g/mol. The van der Waals surface area contributed by atoms with Crippen LogP contribution < -0.4 is 5.12 Å². The SMILES string of the molecule is N#CCn1nnc(/N=N/N(/N=N/c2nnn(CC#N)n2)c2nnn(CC#N)n2)n1. The number of tetrazole rings is 3. The molecule has 20 nitrogen and oxygen atoms in total. The van der Waals surface area contributed by atoms with Crippen LogP contribution in [0.5, 0.6) is 0 Å². The monoisotopic (exact) mass is 394 g/mol. The third-order valence-electron chi connectivity index (χ3n) is 2.58. The van der Waals surface area contributed by atoms with Gasteiger partial charge in [-0.05, 0) is 26.1 Å². The second-order valence-corrected chi connectivity index (χ2v) is 4.50. The van der Waals surface area contributed by atoms with Gasteiger partial charge >= 0.3 is 17.8 Å². The van der Waals surface area contributed by atoms with Crippen LogP contribution in [-0.2, 0) is 19.6 Å². The van der Waals surface area contributed by atoms with Gasteiger partial charge in [0.25, 0.3) is 0 Å². The summed E-state index contributed by atoms with van der Waals surface area (Å²) >= 11 is 0. The molecule has 3 heterocycles. The normalized spacial score (nSPS) is 10.8. The summed E-state index contributed by atoms with van der Waals surface area (Å²) < 4.78 is 0. The van der Waals surface area contributed by atoms with E-state index in [0.717, 1.165) is 19.5 Å². The minimum absolute atomic E-state index is 0.125. The maximum atomic E-state index is 8.69. The lowest BCUT2D eigenvalue weighted by atomic mass is 10.8. The highest BCUT2D eigenvalue weighted by Gasteiger charge is 2.14.